The fourth-order valence-corrected chi connectivity index (χ4v) is 3.58. The van der Waals surface area contributed by atoms with Crippen LogP contribution in [0.5, 0.6) is 0 Å². The molecule has 0 saturated carbocycles. The van der Waals surface area contributed by atoms with Crippen LogP contribution in [0.25, 0.3) is 0 Å². The molecule has 0 aliphatic carbocycles. The van der Waals surface area contributed by atoms with E-state index in [0.29, 0.717) is 43.5 Å². The van der Waals surface area contributed by atoms with Gasteiger partial charge in [0.2, 0.25) is 5.91 Å². The molecule has 0 aromatic heterocycles. The molecule has 0 unspecified atom stereocenters. The molecule has 26 heavy (non-hydrogen) atoms. The molecule has 2 heterocycles. The number of likely N-dealkylation sites (tertiary alicyclic amines) is 1. The van der Waals surface area contributed by atoms with Crippen LogP contribution in [0.4, 0.5) is 0 Å². The summed E-state index contributed by atoms with van der Waals surface area (Å²) < 4.78 is 5.39. The molecule has 1 N–H and O–H groups in total. The SMILES string of the molecule is COC1(CO)CCN(C(=O)CCCN2C(=O)c3ccccc3C2=O)CC1. The van der Waals surface area contributed by atoms with E-state index in [-0.39, 0.29) is 37.3 Å². The van der Waals surface area contributed by atoms with Gasteiger partial charge < -0.3 is 14.7 Å². The normalized spacial score (nSPS) is 19.0. The van der Waals surface area contributed by atoms with Gasteiger partial charge in [0.15, 0.2) is 0 Å². The first-order valence-corrected chi connectivity index (χ1v) is 8.90. The molecule has 7 heteroatoms. The van der Waals surface area contributed by atoms with Crippen LogP contribution in [0.3, 0.4) is 0 Å². The first-order valence-electron chi connectivity index (χ1n) is 8.90. The van der Waals surface area contributed by atoms with Crippen molar-refractivity contribution in [2.24, 2.45) is 0 Å². The van der Waals surface area contributed by atoms with E-state index in [4.69, 9.17) is 4.74 Å². The third-order valence-electron chi connectivity index (χ3n) is 5.40. The summed E-state index contributed by atoms with van der Waals surface area (Å²) in [7, 11) is 1.58. The van der Waals surface area contributed by atoms with Crippen LogP contribution in [0.15, 0.2) is 24.3 Å². The standard InChI is InChI=1S/C19H24N2O5/c1-26-19(13-22)8-11-20(12-9-19)16(23)7-4-10-21-17(24)14-5-2-3-6-15(14)18(21)25/h2-3,5-6,22H,4,7-13H2,1H3. The summed E-state index contributed by atoms with van der Waals surface area (Å²) in [6.45, 7) is 1.27. The van der Waals surface area contributed by atoms with E-state index in [1.165, 1.54) is 4.90 Å². The molecule has 1 fully saturated rings. The molecule has 1 aromatic rings. The number of amides is 3. The zero-order valence-corrected chi connectivity index (χ0v) is 14.9. The Balaban J connectivity index is 1.48. The molecular weight excluding hydrogens is 336 g/mol. The minimum atomic E-state index is -0.545. The zero-order chi connectivity index (χ0) is 18.7. The fraction of sp³-hybridized carbons (Fsp3) is 0.526. The molecule has 3 amide bonds. The Kier molecular flexibility index (Phi) is 5.38. The van der Waals surface area contributed by atoms with Crippen LogP contribution in [-0.4, -0.2) is 71.6 Å². The number of rotatable bonds is 6. The Labute approximate surface area is 152 Å². The van der Waals surface area contributed by atoms with Crippen LogP contribution in [0.1, 0.15) is 46.4 Å². The highest BCUT2D eigenvalue weighted by Gasteiger charge is 2.36. The van der Waals surface area contributed by atoms with E-state index in [1.54, 1.807) is 36.3 Å². The monoisotopic (exact) mass is 360 g/mol. The van der Waals surface area contributed by atoms with E-state index in [2.05, 4.69) is 0 Å². The molecule has 2 aliphatic rings. The molecule has 1 aromatic carbocycles. The Morgan fingerprint density at radius 3 is 2.23 bits per heavy atom. The molecule has 3 rings (SSSR count). The number of imide groups is 1. The summed E-state index contributed by atoms with van der Waals surface area (Å²) in [4.78, 5) is 39.9. The Morgan fingerprint density at radius 1 is 1.15 bits per heavy atom. The quantitative estimate of drug-likeness (QED) is 0.767. The van der Waals surface area contributed by atoms with Crippen molar-refractivity contribution in [1.29, 1.82) is 0 Å². The van der Waals surface area contributed by atoms with E-state index >= 15 is 0 Å². The number of aliphatic hydroxyl groups is 1. The van der Waals surface area contributed by atoms with Gasteiger partial charge in [0.25, 0.3) is 11.8 Å². The van der Waals surface area contributed by atoms with Crippen molar-refractivity contribution in [3.8, 4) is 0 Å². The van der Waals surface area contributed by atoms with Gasteiger partial charge in [-0.1, -0.05) is 12.1 Å². The summed E-state index contributed by atoms with van der Waals surface area (Å²) in [6, 6.07) is 6.77. The summed E-state index contributed by atoms with van der Waals surface area (Å²) in [5.41, 5.74) is 0.316. The first kappa shape index (κ1) is 18.5. The van der Waals surface area contributed by atoms with Gasteiger partial charge in [0.05, 0.1) is 23.3 Å². The Morgan fingerprint density at radius 2 is 1.73 bits per heavy atom. The number of fused-ring (bicyclic) bond motifs is 1. The summed E-state index contributed by atoms with van der Waals surface area (Å²) >= 11 is 0. The molecule has 0 atom stereocenters. The van der Waals surface area contributed by atoms with Gasteiger partial charge in [-0.05, 0) is 31.4 Å². The lowest BCUT2D eigenvalue weighted by atomic mass is 9.92. The number of piperidine rings is 1. The smallest absolute Gasteiger partial charge is 0.261 e. The van der Waals surface area contributed by atoms with Crippen molar-refractivity contribution in [3.05, 3.63) is 35.4 Å². The topological polar surface area (TPSA) is 87.2 Å². The molecule has 1 saturated heterocycles. The lowest BCUT2D eigenvalue weighted by Crippen LogP contribution is -2.49. The van der Waals surface area contributed by atoms with Crippen molar-refractivity contribution in [3.63, 3.8) is 0 Å². The number of hydrogen-bond acceptors (Lipinski definition) is 5. The summed E-state index contributed by atoms with van der Waals surface area (Å²) in [6.07, 6.45) is 1.93. The molecule has 0 spiro atoms. The highest BCUT2D eigenvalue weighted by Crippen LogP contribution is 2.26. The van der Waals surface area contributed by atoms with Gasteiger partial charge in [-0.3, -0.25) is 19.3 Å². The van der Waals surface area contributed by atoms with Gasteiger partial charge in [-0.15, -0.1) is 0 Å². The molecule has 2 aliphatic heterocycles. The van der Waals surface area contributed by atoms with Crippen LogP contribution in [0.2, 0.25) is 0 Å². The van der Waals surface area contributed by atoms with Gasteiger partial charge in [-0.25, -0.2) is 0 Å². The van der Waals surface area contributed by atoms with Gasteiger partial charge in [0.1, 0.15) is 0 Å². The van der Waals surface area contributed by atoms with E-state index < -0.39 is 5.60 Å². The molecule has 7 nitrogen and oxygen atoms in total. The van der Waals surface area contributed by atoms with Crippen molar-refractivity contribution >= 4 is 17.7 Å². The third kappa shape index (κ3) is 3.37. The number of benzene rings is 1. The number of hydrogen-bond donors (Lipinski definition) is 1. The van der Waals surface area contributed by atoms with E-state index in [0.717, 1.165) is 0 Å². The maximum atomic E-state index is 12.4. The number of carbonyl (C=O) groups excluding carboxylic acids is 3. The Bertz CT molecular complexity index is 669. The number of ether oxygens (including phenoxy) is 1. The highest BCUT2D eigenvalue weighted by atomic mass is 16.5. The average Bonchev–Trinajstić information content (AvgIpc) is 2.93. The Hall–Kier alpha value is -2.25. The first-order chi connectivity index (χ1) is 12.5. The highest BCUT2D eigenvalue weighted by molar-refractivity contribution is 6.21. The maximum Gasteiger partial charge on any atom is 0.261 e. The van der Waals surface area contributed by atoms with E-state index in [1.807, 2.05) is 0 Å². The maximum absolute atomic E-state index is 12.4. The van der Waals surface area contributed by atoms with Crippen LogP contribution in [-0.2, 0) is 9.53 Å². The second-order valence-corrected chi connectivity index (χ2v) is 6.84. The molecular formula is C19H24N2O5. The number of aliphatic hydroxyl groups excluding tert-OH is 1. The summed E-state index contributed by atoms with van der Waals surface area (Å²) in [5, 5.41) is 9.46. The lowest BCUT2D eigenvalue weighted by molar-refractivity contribution is -0.139. The molecule has 140 valence electrons. The predicted molar refractivity (Wildman–Crippen MR) is 93.7 cm³/mol. The van der Waals surface area contributed by atoms with E-state index in [9.17, 15) is 19.5 Å². The van der Waals surface area contributed by atoms with Crippen molar-refractivity contribution in [2.75, 3.05) is 33.4 Å². The average molecular weight is 360 g/mol. The van der Waals surface area contributed by atoms with Crippen LogP contribution >= 0.6 is 0 Å². The van der Waals surface area contributed by atoms with Crippen molar-refractivity contribution in [2.45, 2.75) is 31.3 Å². The minimum absolute atomic E-state index is 0.00394. The third-order valence-corrected chi connectivity index (χ3v) is 5.40. The van der Waals surface area contributed by atoms with Crippen molar-refractivity contribution < 1.29 is 24.2 Å². The largest absolute Gasteiger partial charge is 0.393 e. The zero-order valence-electron chi connectivity index (χ0n) is 14.9. The minimum Gasteiger partial charge on any atom is -0.393 e. The number of carbonyl (C=O) groups is 3. The molecule has 0 radical (unpaired) electrons. The molecule has 0 bridgehead atoms. The van der Waals surface area contributed by atoms with Gasteiger partial charge in [0, 0.05) is 33.2 Å². The van der Waals surface area contributed by atoms with Crippen molar-refractivity contribution in [1.82, 2.24) is 9.80 Å². The van der Waals surface area contributed by atoms with Crippen LogP contribution in [0, 0.1) is 0 Å². The van der Waals surface area contributed by atoms with Gasteiger partial charge in [-0.2, -0.15) is 0 Å². The summed E-state index contributed by atoms with van der Waals surface area (Å²) in [5.74, 6) is -0.572. The fourth-order valence-electron chi connectivity index (χ4n) is 3.58. The van der Waals surface area contributed by atoms with Gasteiger partial charge >= 0.3 is 0 Å². The second kappa shape index (κ2) is 7.55. The lowest BCUT2D eigenvalue weighted by Gasteiger charge is -2.39. The van der Waals surface area contributed by atoms with Crippen LogP contribution < -0.4 is 0 Å². The number of nitrogens with zero attached hydrogens (tertiary/aromatic N) is 2. The number of methoxy groups -OCH3 is 1. The predicted octanol–water partition coefficient (Wildman–Crippen LogP) is 1.06. The second-order valence-electron chi connectivity index (χ2n) is 6.84.